The Balaban J connectivity index is 2.12. The van der Waals surface area contributed by atoms with Gasteiger partial charge in [0, 0.05) is 12.7 Å². The lowest BCUT2D eigenvalue weighted by Gasteiger charge is -2.41. The molecule has 5 atom stereocenters. The van der Waals surface area contributed by atoms with Crippen LogP contribution in [0.25, 0.3) is 0 Å². The summed E-state index contributed by atoms with van der Waals surface area (Å²) in [5.41, 5.74) is 0.415. The van der Waals surface area contributed by atoms with Crippen molar-refractivity contribution in [3.8, 4) is 0 Å². The number of hydrogen-bond donors (Lipinski definition) is 4. The molecule has 1 amide bonds. The smallest absolute Gasteiger partial charge is 0.251 e. The summed E-state index contributed by atoms with van der Waals surface area (Å²) in [5.74, 6) is -0.417. The Morgan fingerprint density at radius 2 is 2.00 bits per heavy atom. The van der Waals surface area contributed by atoms with Gasteiger partial charge >= 0.3 is 0 Å². The summed E-state index contributed by atoms with van der Waals surface area (Å²) in [5, 5.41) is 31.7. The molecule has 4 N–H and O–H groups in total. The molecular weight excluding hydrogens is 278 g/mol. The highest BCUT2D eigenvalue weighted by atomic mass is 16.6. The number of benzene rings is 1. The molecule has 0 aromatic heterocycles. The first-order chi connectivity index (χ1) is 10.1. The third-order valence-corrected chi connectivity index (χ3v) is 3.48. The van der Waals surface area contributed by atoms with Crippen molar-refractivity contribution in [2.45, 2.75) is 30.6 Å². The van der Waals surface area contributed by atoms with Crippen LogP contribution >= 0.6 is 0 Å². The van der Waals surface area contributed by atoms with Gasteiger partial charge in [-0.05, 0) is 12.1 Å². The van der Waals surface area contributed by atoms with Crippen LogP contribution < -0.4 is 5.32 Å². The van der Waals surface area contributed by atoms with Gasteiger partial charge in [0.15, 0.2) is 6.29 Å². The van der Waals surface area contributed by atoms with Gasteiger partial charge in [-0.1, -0.05) is 18.2 Å². The second-order valence-corrected chi connectivity index (χ2v) is 4.80. The lowest BCUT2D eigenvalue weighted by Crippen LogP contribution is -2.64. The molecule has 0 aliphatic carbocycles. The molecule has 0 bridgehead atoms. The van der Waals surface area contributed by atoms with Crippen LogP contribution in [-0.4, -0.2) is 65.6 Å². The molecule has 7 heteroatoms. The SMILES string of the molecule is COC1C(O)C(CO)OC(O)C1NC(=O)c1ccccc1. The molecule has 1 saturated heterocycles. The zero-order valence-electron chi connectivity index (χ0n) is 11.5. The van der Waals surface area contributed by atoms with Gasteiger partial charge in [-0.15, -0.1) is 0 Å². The maximum atomic E-state index is 12.1. The normalized spacial score (nSPS) is 32.7. The fraction of sp³-hybridized carbons (Fsp3) is 0.500. The highest BCUT2D eigenvalue weighted by molar-refractivity contribution is 5.94. The number of carbonyl (C=O) groups excluding carboxylic acids is 1. The number of hydrogen-bond acceptors (Lipinski definition) is 6. The summed E-state index contributed by atoms with van der Waals surface area (Å²) in [4.78, 5) is 12.1. The van der Waals surface area contributed by atoms with Gasteiger partial charge in [0.1, 0.15) is 24.4 Å². The Bertz CT molecular complexity index is 468. The molecule has 0 saturated carbocycles. The first-order valence-corrected chi connectivity index (χ1v) is 6.59. The van der Waals surface area contributed by atoms with E-state index in [2.05, 4.69) is 5.32 Å². The molecule has 1 aromatic rings. The fourth-order valence-electron chi connectivity index (χ4n) is 2.35. The van der Waals surface area contributed by atoms with E-state index in [9.17, 15) is 15.0 Å². The highest BCUT2D eigenvalue weighted by Gasteiger charge is 2.45. The maximum absolute atomic E-state index is 12.1. The monoisotopic (exact) mass is 297 g/mol. The van der Waals surface area contributed by atoms with E-state index in [4.69, 9.17) is 14.6 Å². The van der Waals surface area contributed by atoms with E-state index in [-0.39, 0.29) is 0 Å². The third kappa shape index (κ3) is 3.39. The first kappa shape index (κ1) is 15.9. The molecule has 0 radical (unpaired) electrons. The number of carbonyl (C=O) groups is 1. The number of aliphatic hydroxyl groups is 3. The number of amides is 1. The Hall–Kier alpha value is -1.51. The fourth-order valence-corrected chi connectivity index (χ4v) is 2.35. The van der Waals surface area contributed by atoms with E-state index in [1.54, 1.807) is 30.3 Å². The van der Waals surface area contributed by atoms with Crippen molar-refractivity contribution in [2.75, 3.05) is 13.7 Å². The topological polar surface area (TPSA) is 108 Å². The molecule has 1 aliphatic heterocycles. The summed E-state index contributed by atoms with van der Waals surface area (Å²) >= 11 is 0. The molecule has 0 spiro atoms. The van der Waals surface area contributed by atoms with E-state index >= 15 is 0 Å². The van der Waals surface area contributed by atoms with Gasteiger partial charge < -0.3 is 30.1 Å². The second-order valence-electron chi connectivity index (χ2n) is 4.80. The number of methoxy groups -OCH3 is 1. The maximum Gasteiger partial charge on any atom is 0.251 e. The predicted molar refractivity (Wildman–Crippen MR) is 72.5 cm³/mol. The number of nitrogens with one attached hydrogen (secondary N) is 1. The molecule has 2 rings (SSSR count). The molecule has 21 heavy (non-hydrogen) atoms. The Morgan fingerprint density at radius 3 is 2.57 bits per heavy atom. The van der Waals surface area contributed by atoms with E-state index in [0.29, 0.717) is 5.56 Å². The Kier molecular flexibility index (Phi) is 5.27. The molecule has 1 fully saturated rings. The van der Waals surface area contributed by atoms with E-state index in [0.717, 1.165) is 0 Å². The van der Waals surface area contributed by atoms with Crippen molar-refractivity contribution >= 4 is 5.91 Å². The van der Waals surface area contributed by atoms with Gasteiger partial charge in [-0.25, -0.2) is 0 Å². The predicted octanol–water partition coefficient (Wildman–Crippen LogP) is -1.13. The number of aliphatic hydroxyl groups excluding tert-OH is 3. The van der Waals surface area contributed by atoms with Crippen LogP contribution in [-0.2, 0) is 9.47 Å². The highest BCUT2D eigenvalue weighted by Crippen LogP contribution is 2.22. The van der Waals surface area contributed by atoms with Crippen LogP contribution in [0.2, 0.25) is 0 Å². The lowest BCUT2D eigenvalue weighted by atomic mass is 9.96. The largest absolute Gasteiger partial charge is 0.394 e. The lowest BCUT2D eigenvalue weighted by molar-refractivity contribution is -0.257. The van der Waals surface area contributed by atoms with Gasteiger partial charge in [-0.3, -0.25) is 4.79 Å². The van der Waals surface area contributed by atoms with Crippen molar-refractivity contribution in [3.63, 3.8) is 0 Å². The van der Waals surface area contributed by atoms with Gasteiger partial charge in [0.05, 0.1) is 6.61 Å². The van der Waals surface area contributed by atoms with Crippen LogP contribution in [0.1, 0.15) is 10.4 Å². The van der Waals surface area contributed by atoms with Crippen LogP contribution in [0.3, 0.4) is 0 Å². The first-order valence-electron chi connectivity index (χ1n) is 6.59. The van der Waals surface area contributed by atoms with Crippen LogP contribution in [0.15, 0.2) is 30.3 Å². The summed E-state index contributed by atoms with van der Waals surface area (Å²) in [6, 6.07) is 7.52. The van der Waals surface area contributed by atoms with E-state index in [1.165, 1.54) is 7.11 Å². The van der Waals surface area contributed by atoms with Crippen molar-refractivity contribution in [1.29, 1.82) is 0 Å². The number of rotatable bonds is 4. The molecule has 7 nitrogen and oxygen atoms in total. The standard InChI is InChI=1S/C14H19NO6/c1-20-12-10(14(19)21-9(7-16)11(12)17)15-13(18)8-5-3-2-4-6-8/h2-6,9-12,14,16-17,19H,7H2,1H3,(H,15,18). The van der Waals surface area contributed by atoms with Crippen LogP contribution in [0, 0.1) is 0 Å². The molecule has 5 unspecified atom stereocenters. The minimum atomic E-state index is -1.39. The molecule has 1 aromatic carbocycles. The summed E-state index contributed by atoms with van der Waals surface area (Å²) in [6.45, 7) is -0.461. The number of ether oxygens (including phenoxy) is 2. The van der Waals surface area contributed by atoms with Gasteiger partial charge in [0.2, 0.25) is 0 Å². The van der Waals surface area contributed by atoms with E-state index in [1.807, 2.05) is 0 Å². The van der Waals surface area contributed by atoms with Gasteiger partial charge in [-0.2, -0.15) is 0 Å². The van der Waals surface area contributed by atoms with Crippen molar-refractivity contribution in [3.05, 3.63) is 35.9 Å². The van der Waals surface area contributed by atoms with Gasteiger partial charge in [0.25, 0.3) is 5.91 Å². The van der Waals surface area contributed by atoms with Crippen molar-refractivity contribution in [1.82, 2.24) is 5.32 Å². The van der Waals surface area contributed by atoms with Crippen LogP contribution in [0.4, 0.5) is 0 Å². The molecular formula is C14H19NO6. The average molecular weight is 297 g/mol. The Morgan fingerprint density at radius 1 is 1.33 bits per heavy atom. The summed E-state index contributed by atoms with van der Waals surface area (Å²) in [6.07, 6.45) is -4.40. The molecule has 116 valence electrons. The minimum absolute atomic E-state index is 0.415. The van der Waals surface area contributed by atoms with Crippen molar-refractivity contribution in [2.24, 2.45) is 0 Å². The zero-order valence-corrected chi connectivity index (χ0v) is 11.5. The van der Waals surface area contributed by atoms with Crippen molar-refractivity contribution < 1.29 is 29.6 Å². The third-order valence-electron chi connectivity index (χ3n) is 3.48. The average Bonchev–Trinajstić information content (AvgIpc) is 2.51. The zero-order chi connectivity index (χ0) is 15.4. The second kappa shape index (κ2) is 6.97. The minimum Gasteiger partial charge on any atom is -0.394 e. The van der Waals surface area contributed by atoms with Crippen LogP contribution in [0.5, 0.6) is 0 Å². The summed E-state index contributed by atoms with van der Waals surface area (Å²) in [7, 11) is 1.35. The Labute approximate surface area is 122 Å². The van der Waals surface area contributed by atoms with E-state index < -0.39 is 43.2 Å². The quantitative estimate of drug-likeness (QED) is 0.560. The summed E-state index contributed by atoms with van der Waals surface area (Å²) < 4.78 is 10.2. The molecule has 1 aliphatic rings. The molecule has 1 heterocycles.